The fourth-order valence-electron chi connectivity index (χ4n) is 3.81. The largest absolute Gasteiger partial charge is 0.468 e. The van der Waals surface area contributed by atoms with Gasteiger partial charge in [0.2, 0.25) is 0 Å². The quantitative estimate of drug-likeness (QED) is 0.732. The summed E-state index contributed by atoms with van der Waals surface area (Å²) in [7, 11) is 1.49. The molecule has 2 rings (SSSR count). The summed E-state index contributed by atoms with van der Waals surface area (Å²) in [6.07, 6.45) is 7.31. The Kier molecular flexibility index (Phi) is 5.85. The third-order valence-electron chi connectivity index (χ3n) is 5.25. The summed E-state index contributed by atoms with van der Waals surface area (Å²) in [5.41, 5.74) is 0. The number of hydrogen-bond acceptors (Lipinski definition) is 4. The second-order valence-electron chi connectivity index (χ2n) is 6.46. The summed E-state index contributed by atoms with van der Waals surface area (Å²) in [6.45, 7) is 5.42. The molecule has 0 amide bonds. The van der Waals surface area contributed by atoms with E-state index >= 15 is 0 Å². The number of nitrogens with one attached hydrogen (secondary N) is 2. The molecular formula is C16H30N2O2. The lowest BCUT2D eigenvalue weighted by Crippen LogP contribution is -2.51. The third-order valence-corrected chi connectivity index (χ3v) is 5.25. The van der Waals surface area contributed by atoms with E-state index in [9.17, 15) is 4.79 Å². The van der Waals surface area contributed by atoms with E-state index in [1.54, 1.807) is 0 Å². The van der Waals surface area contributed by atoms with Crippen molar-refractivity contribution in [1.29, 1.82) is 0 Å². The minimum atomic E-state index is -0.156. The summed E-state index contributed by atoms with van der Waals surface area (Å²) in [4.78, 5) is 12.0. The molecule has 2 aliphatic rings. The predicted octanol–water partition coefficient (Wildman–Crippen LogP) is 2.08. The van der Waals surface area contributed by atoms with Crippen LogP contribution in [-0.4, -0.2) is 37.7 Å². The van der Waals surface area contributed by atoms with Crippen LogP contribution < -0.4 is 10.6 Å². The van der Waals surface area contributed by atoms with E-state index in [0.717, 1.165) is 13.0 Å². The molecule has 1 saturated carbocycles. The van der Waals surface area contributed by atoms with Gasteiger partial charge in [0.05, 0.1) is 7.11 Å². The van der Waals surface area contributed by atoms with Crippen LogP contribution in [0.2, 0.25) is 0 Å². The third kappa shape index (κ3) is 3.53. The SMILES string of the molecule is CCC(C)C(NC1CCCC1C1CCCN1)C(=O)OC. The van der Waals surface area contributed by atoms with Gasteiger partial charge in [-0.3, -0.25) is 4.79 Å². The topological polar surface area (TPSA) is 50.4 Å². The molecule has 20 heavy (non-hydrogen) atoms. The van der Waals surface area contributed by atoms with Gasteiger partial charge in [-0.25, -0.2) is 0 Å². The number of carbonyl (C=O) groups excluding carboxylic acids is 1. The lowest BCUT2D eigenvalue weighted by Gasteiger charge is -2.31. The molecule has 2 N–H and O–H groups in total. The number of methoxy groups -OCH3 is 1. The van der Waals surface area contributed by atoms with Crippen molar-refractivity contribution in [2.45, 2.75) is 70.5 Å². The molecular weight excluding hydrogens is 252 g/mol. The van der Waals surface area contributed by atoms with E-state index in [0.29, 0.717) is 23.9 Å². The fraction of sp³-hybridized carbons (Fsp3) is 0.938. The average molecular weight is 282 g/mol. The normalized spacial score (nSPS) is 33.0. The molecule has 4 nitrogen and oxygen atoms in total. The molecule has 116 valence electrons. The number of ether oxygens (including phenoxy) is 1. The van der Waals surface area contributed by atoms with Crippen molar-refractivity contribution in [3.05, 3.63) is 0 Å². The molecule has 0 aromatic heterocycles. The van der Waals surface area contributed by atoms with Crippen molar-refractivity contribution in [3.8, 4) is 0 Å². The molecule has 5 atom stereocenters. The van der Waals surface area contributed by atoms with Gasteiger partial charge in [0.25, 0.3) is 0 Å². The van der Waals surface area contributed by atoms with E-state index in [1.807, 2.05) is 0 Å². The van der Waals surface area contributed by atoms with Crippen molar-refractivity contribution in [1.82, 2.24) is 10.6 Å². The number of hydrogen-bond donors (Lipinski definition) is 2. The monoisotopic (exact) mass is 282 g/mol. The van der Waals surface area contributed by atoms with Crippen molar-refractivity contribution < 1.29 is 9.53 Å². The van der Waals surface area contributed by atoms with Gasteiger partial charge in [-0.05, 0) is 44.1 Å². The molecule has 0 aromatic rings. The van der Waals surface area contributed by atoms with Crippen LogP contribution in [0.4, 0.5) is 0 Å². The van der Waals surface area contributed by atoms with Crippen molar-refractivity contribution in [2.75, 3.05) is 13.7 Å². The molecule has 1 aliphatic carbocycles. The molecule has 5 unspecified atom stereocenters. The van der Waals surface area contributed by atoms with E-state index < -0.39 is 0 Å². The summed E-state index contributed by atoms with van der Waals surface area (Å²) in [5.74, 6) is 0.887. The minimum Gasteiger partial charge on any atom is -0.468 e. The average Bonchev–Trinajstić information content (AvgIpc) is 3.13. The Labute approximate surface area is 123 Å². The van der Waals surface area contributed by atoms with Crippen LogP contribution >= 0.6 is 0 Å². The number of carbonyl (C=O) groups is 1. The smallest absolute Gasteiger partial charge is 0.323 e. The Bertz CT molecular complexity index is 316. The highest BCUT2D eigenvalue weighted by Gasteiger charge is 2.38. The Balaban J connectivity index is 1.99. The number of rotatable bonds is 6. The van der Waals surface area contributed by atoms with Crippen LogP contribution in [0.25, 0.3) is 0 Å². The zero-order chi connectivity index (χ0) is 14.5. The second kappa shape index (κ2) is 7.41. The molecule has 2 fully saturated rings. The highest BCUT2D eigenvalue weighted by Crippen LogP contribution is 2.32. The van der Waals surface area contributed by atoms with Crippen molar-refractivity contribution in [3.63, 3.8) is 0 Å². The first kappa shape index (κ1) is 15.8. The standard InChI is InChI=1S/C16H30N2O2/c1-4-11(2)15(16(19)20-3)18-14-8-5-7-12(14)13-9-6-10-17-13/h11-15,17-18H,4-10H2,1-3H3. The lowest BCUT2D eigenvalue weighted by atomic mass is 9.91. The highest BCUT2D eigenvalue weighted by molar-refractivity contribution is 5.76. The van der Waals surface area contributed by atoms with Crippen LogP contribution in [0.15, 0.2) is 0 Å². The molecule has 1 aliphatic heterocycles. The zero-order valence-corrected chi connectivity index (χ0v) is 13.2. The second-order valence-corrected chi connectivity index (χ2v) is 6.46. The lowest BCUT2D eigenvalue weighted by molar-refractivity contribution is -0.144. The Morgan fingerprint density at radius 1 is 1.35 bits per heavy atom. The molecule has 0 radical (unpaired) electrons. The first-order valence-electron chi connectivity index (χ1n) is 8.24. The maximum Gasteiger partial charge on any atom is 0.323 e. The van der Waals surface area contributed by atoms with E-state index in [1.165, 1.54) is 39.2 Å². The van der Waals surface area contributed by atoms with E-state index in [2.05, 4.69) is 24.5 Å². The number of esters is 1. The Hall–Kier alpha value is -0.610. The van der Waals surface area contributed by atoms with Gasteiger partial charge in [-0.2, -0.15) is 0 Å². The summed E-state index contributed by atoms with van der Waals surface area (Å²) >= 11 is 0. The maximum absolute atomic E-state index is 12.0. The van der Waals surface area contributed by atoms with Crippen molar-refractivity contribution in [2.24, 2.45) is 11.8 Å². The molecule has 0 aromatic carbocycles. The van der Waals surface area contributed by atoms with Gasteiger partial charge < -0.3 is 15.4 Å². The predicted molar refractivity (Wildman–Crippen MR) is 80.5 cm³/mol. The highest BCUT2D eigenvalue weighted by atomic mass is 16.5. The van der Waals surface area contributed by atoms with Crippen LogP contribution in [0.1, 0.15) is 52.4 Å². The molecule has 4 heteroatoms. The van der Waals surface area contributed by atoms with Gasteiger partial charge in [-0.15, -0.1) is 0 Å². The minimum absolute atomic E-state index is 0.107. The van der Waals surface area contributed by atoms with Crippen LogP contribution in [0.5, 0.6) is 0 Å². The van der Waals surface area contributed by atoms with Gasteiger partial charge in [0.15, 0.2) is 0 Å². The van der Waals surface area contributed by atoms with Gasteiger partial charge in [0, 0.05) is 12.1 Å². The van der Waals surface area contributed by atoms with Crippen LogP contribution in [-0.2, 0) is 9.53 Å². The van der Waals surface area contributed by atoms with Gasteiger partial charge >= 0.3 is 5.97 Å². The molecule has 0 spiro atoms. The first-order valence-corrected chi connectivity index (χ1v) is 8.24. The van der Waals surface area contributed by atoms with E-state index in [-0.39, 0.29) is 12.0 Å². The molecule has 1 saturated heterocycles. The van der Waals surface area contributed by atoms with Crippen molar-refractivity contribution >= 4 is 5.97 Å². The fourth-order valence-corrected chi connectivity index (χ4v) is 3.81. The van der Waals surface area contributed by atoms with Gasteiger partial charge in [0.1, 0.15) is 6.04 Å². The molecule has 0 bridgehead atoms. The Morgan fingerprint density at radius 3 is 2.75 bits per heavy atom. The summed E-state index contributed by atoms with van der Waals surface area (Å²) in [6, 6.07) is 0.950. The summed E-state index contributed by atoms with van der Waals surface area (Å²) in [5, 5.41) is 7.26. The summed E-state index contributed by atoms with van der Waals surface area (Å²) < 4.78 is 4.99. The Morgan fingerprint density at radius 2 is 2.15 bits per heavy atom. The van der Waals surface area contributed by atoms with Gasteiger partial charge in [-0.1, -0.05) is 26.7 Å². The first-order chi connectivity index (χ1) is 9.67. The molecule has 1 heterocycles. The van der Waals surface area contributed by atoms with Crippen LogP contribution in [0, 0.1) is 11.8 Å². The maximum atomic E-state index is 12.0. The zero-order valence-electron chi connectivity index (χ0n) is 13.2. The van der Waals surface area contributed by atoms with Crippen LogP contribution in [0.3, 0.4) is 0 Å². The van der Waals surface area contributed by atoms with E-state index in [4.69, 9.17) is 4.74 Å².